The summed E-state index contributed by atoms with van der Waals surface area (Å²) in [7, 11) is 0. The first-order chi connectivity index (χ1) is 16.2. The standard InChI is InChI=1S/C28H32F3NO2/c1-2-6-20-23-21(15-27(13-5-14-27)16-22(23)33)32-25(17-7-3-4-8-17)24(20)26(34)18-9-11-19(12-10-18)28(29,30)31/h9-12,17,20,23H,2-8,13-16H2,1H3. The van der Waals surface area contributed by atoms with Crippen LogP contribution in [0, 0.1) is 23.2 Å². The van der Waals surface area contributed by atoms with Crippen molar-refractivity contribution in [2.45, 2.75) is 83.7 Å². The Hall–Kier alpha value is -2.24. The van der Waals surface area contributed by atoms with E-state index in [-0.39, 0.29) is 40.3 Å². The minimum Gasteiger partial charge on any atom is -0.299 e. The van der Waals surface area contributed by atoms with Gasteiger partial charge in [-0.1, -0.05) is 44.7 Å². The SMILES string of the molecule is CCCC1C(C(=O)c2ccc(C(F)(F)F)cc2)=C(C2CCCC2)N=C2CC3(CCC3)CC(=O)C21. The average Bonchev–Trinajstić information content (AvgIpc) is 3.31. The summed E-state index contributed by atoms with van der Waals surface area (Å²) in [5, 5.41) is 0. The van der Waals surface area contributed by atoms with Gasteiger partial charge in [0.2, 0.25) is 0 Å². The summed E-state index contributed by atoms with van der Waals surface area (Å²) in [4.78, 5) is 32.4. The first kappa shape index (κ1) is 23.5. The number of nitrogens with zero attached hydrogens (tertiary/aromatic N) is 1. The Morgan fingerprint density at radius 1 is 1.06 bits per heavy atom. The number of alkyl halides is 3. The molecule has 182 valence electrons. The van der Waals surface area contributed by atoms with Crippen LogP contribution in [0.2, 0.25) is 0 Å². The summed E-state index contributed by atoms with van der Waals surface area (Å²) in [6, 6.07) is 4.50. The van der Waals surface area contributed by atoms with Gasteiger partial charge < -0.3 is 0 Å². The molecule has 0 saturated heterocycles. The molecule has 0 aromatic heterocycles. The Kier molecular flexibility index (Phi) is 6.06. The minimum absolute atomic E-state index is 0.0684. The van der Waals surface area contributed by atoms with Gasteiger partial charge >= 0.3 is 6.18 Å². The Labute approximate surface area is 198 Å². The highest BCUT2D eigenvalue weighted by molar-refractivity contribution is 6.15. The molecule has 6 heteroatoms. The molecule has 0 radical (unpaired) electrons. The number of hydrogen-bond donors (Lipinski definition) is 0. The molecule has 1 aromatic rings. The third kappa shape index (κ3) is 4.07. The molecule has 4 aliphatic rings. The lowest BCUT2D eigenvalue weighted by atomic mass is 9.55. The van der Waals surface area contributed by atoms with Crippen LogP contribution in [-0.4, -0.2) is 17.3 Å². The van der Waals surface area contributed by atoms with Gasteiger partial charge in [0.25, 0.3) is 0 Å². The molecule has 0 bridgehead atoms. The van der Waals surface area contributed by atoms with E-state index in [2.05, 4.69) is 6.92 Å². The zero-order valence-corrected chi connectivity index (χ0v) is 19.7. The number of benzene rings is 1. The van der Waals surface area contributed by atoms with E-state index in [1.807, 2.05) is 0 Å². The number of halogens is 3. The van der Waals surface area contributed by atoms with E-state index < -0.39 is 11.7 Å². The molecular weight excluding hydrogens is 439 g/mol. The summed E-state index contributed by atoms with van der Waals surface area (Å²) in [5.74, 6) is -0.451. The summed E-state index contributed by atoms with van der Waals surface area (Å²) in [6.07, 6.45) is 5.93. The molecule has 3 fully saturated rings. The van der Waals surface area contributed by atoms with Crippen LogP contribution < -0.4 is 0 Å². The van der Waals surface area contributed by atoms with Gasteiger partial charge in [0.15, 0.2) is 5.78 Å². The second kappa shape index (κ2) is 8.76. The van der Waals surface area contributed by atoms with Gasteiger partial charge in [-0.25, -0.2) is 0 Å². The van der Waals surface area contributed by atoms with Crippen molar-refractivity contribution in [3.63, 3.8) is 0 Å². The molecule has 1 aliphatic heterocycles. The molecule has 1 aromatic carbocycles. The molecular formula is C28H32F3NO2. The Bertz CT molecular complexity index is 1040. The van der Waals surface area contributed by atoms with Gasteiger partial charge in [-0.2, -0.15) is 13.2 Å². The third-order valence-electron chi connectivity index (χ3n) is 8.60. The van der Waals surface area contributed by atoms with Crippen molar-refractivity contribution in [2.75, 3.05) is 0 Å². The van der Waals surface area contributed by atoms with Crippen LogP contribution in [0.25, 0.3) is 0 Å². The molecule has 3 aliphatic carbocycles. The summed E-state index contributed by atoms with van der Waals surface area (Å²) in [5.41, 5.74) is 1.95. The van der Waals surface area contributed by atoms with Crippen LogP contribution in [0.3, 0.4) is 0 Å². The molecule has 2 unspecified atom stereocenters. The van der Waals surface area contributed by atoms with Gasteiger partial charge in [-0.05, 0) is 56.1 Å². The highest BCUT2D eigenvalue weighted by Gasteiger charge is 2.52. The molecule has 5 rings (SSSR count). The van der Waals surface area contributed by atoms with E-state index in [1.165, 1.54) is 12.1 Å². The predicted molar refractivity (Wildman–Crippen MR) is 125 cm³/mol. The molecule has 3 saturated carbocycles. The van der Waals surface area contributed by atoms with E-state index in [4.69, 9.17) is 4.99 Å². The number of ketones is 2. The predicted octanol–water partition coefficient (Wildman–Crippen LogP) is 7.35. The topological polar surface area (TPSA) is 46.5 Å². The quantitative estimate of drug-likeness (QED) is 0.421. The highest BCUT2D eigenvalue weighted by atomic mass is 19.4. The van der Waals surface area contributed by atoms with Crippen LogP contribution in [0.15, 0.2) is 40.5 Å². The third-order valence-corrected chi connectivity index (χ3v) is 8.60. The van der Waals surface area contributed by atoms with Crippen LogP contribution in [0.5, 0.6) is 0 Å². The zero-order valence-electron chi connectivity index (χ0n) is 19.7. The van der Waals surface area contributed by atoms with E-state index in [0.29, 0.717) is 18.4 Å². The maximum absolute atomic E-state index is 13.9. The van der Waals surface area contributed by atoms with Gasteiger partial charge in [0.1, 0.15) is 5.78 Å². The monoisotopic (exact) mass is 471 g/mol. The molecule has 1 spiro atoms. The van der Waals surface area contributed by atoms with E-state index >= 15 is 0 Å². The molecule has 0 N–H and O–H groups in total. The van der Waals surface area contributed by atoms with Gasteiger partial charge in [-0.15, -0.1) is 0 Å². The zero-order chi connectivity index (χ0) is 24.1. The number of Topliss-reactive ketones (excluding diaryl/α,β-unsaturated/α-hetero) is 2. The second-order valence-electron chi connectivity index (χ2n) is 10.8. The maximum atomic E-state index is 13.9. The smallest absolute Gasteiger partial charge is 0.299 e. The van der Waals surface area contributed by atoms with Gasteiger partial charge in [0, 0.05) is 35.1 Å². The summed E-state index contributed by atoms with van der Waals surface area (Å²) < 4.78 is 39.2. The number of carbonyl (C=O) groups is 2. The van der Waals surface area contributed by atoms with Crippen LogP contribution in [0.4, 0.5) is 13.2 Å². The number of hydrogen-bond acceptors (Lipinski definition) is 3. The molecule has 2 atom stereocenters. The molecule has 0 amide bonds. The fraction of sp³-hybridized carbons (Fsp3) is 0.607. The van der Waals surface area contributed by atoms with Crippen molar-refractivity contribution in [3.05, 3.63) is 46.7 Å². The molecule has 3 nitrogen and oxygen atoms in total. The molecule has 34 heavy (non-hydrogen) atoms. The van der Waals surface area contributed by atoms with Gasteiger partial charge in [0.05, 0.1) is 17.2 Å². The number of rotatable bonds is 5. The average molecular weight is 472 g/mol. The van der Waals surface area contributed by atoms with Crippen molar-refractivity contribution in [2.24, 2.45) is 28.2 Å². The normalized spacial score (nSPS) is 26.9. The van der Waals surface area contributed by atoms with Crippen molar-refractivity contribution in [3.8, 4) is 0 Å². The van der Waals surface area contributed by atoms with Crippen LogP contribution >= 0.6 is 0 Å². The first-order valence-electron chi connectivity index (χ1n) is 12.8. The van der Waals surface area contributed by atoms with Crippen molar-refractivity contribution >= 4 is 17.3 Å². The lowest BCUT2D eigenvalue weighted by Crippen LogP contribution is -2.49. The van der Waals surface area contributed by atoms with E-state index in [1.54, 1.807) is 0 Å². The maximum Gasteiger partial charge on any atom is 0.416 e. The van der Waals surface area contributed by atoms with Crippen molar-refractivity contribution < 1.29 is 22.8 Å². The second-order valence-corrected chi connectivity index (χ2v) is 10.8. The Balaban J connectivity index is 1.60. The van der Waals surface area contributed by atoms with Crippen molar-refractivity contribution in [1.82, 2.24) is 0 Å². The first-order valence-corrected chi connectivity index (χ1v) is 12.8. The largest absolute Gasteiger partial charge is 0.416 e. The lowest BCUT2D eigenvalue weighted by Gasteiger charge is -2.49. The highest BCUT2D eigenvalue weighted by Crippen LogP contribution is 2.54. The minimum atomic E-state index is -4.45. The summed E-state index contributed by atoms with van der Waals surface area (Å²) in [6.45, 7) is 2.06. The van der Waals surface area contributed by atoms with Gasteiger partial charge in [-0.3, -0.25) is 14.6 Å². The number of fused-ring (bicyclic) bond motifs is 1. The Morgan fingerprint density at radius 3 is 2.29 bits per heavy atom. The molecule has 1 heterocycles. The van der Waals surface area contributed by atoms with E-state index in [9.17, 15) is 22.8 Å². The fourth-order valence-electron chi connectivity index (χ4n) is 6.77. The summed E-state index contributed by atoms with van der Waals surface area (Å²) >= 11 is 0. The van der Waals surface area contributed by atoms with Crippen molar-refractivity contribution in [1.29, 1.82) is 0 Å². The van der Waals surface area contributed by atoms with Crippen LogP contribution in [0.1, 0.15) is 93.5 Å². The number of aliphatic imine (C=N–C) groups is 1. The fourth-order valence-corrected chi connectivity index (χ4v) is 6.77. The van der Waals surface area contributed by atoms with E-state index in [0.717, 1.165) is 81.3 Å². The Morgan fingerprint density at radius 2 is 1.74 bits per heavy atom. The number of carbonyl (C=O) groups excluding carboxylic acids is 2. The van der Waals surface area contributed by atoms with Crippen LogP contribution in [-0.2, 0) is 11.0 Å². The lowest BCUT2D eigenvalue weighted by molar-refractivity contribution is -0.137. The number of allylic oxidation sites excluding steroid dienone is 2.